The highest BCUT2D eigenvalue weighted by Gasteiger charge is 2.17. The molecule has 0 spiro atoms. The largest absolute Gasteiger partial charge is 0.488 e. The van der Waals surface area contributed by atoms with Crippen LogP contribution in [-0.2, 0) is 10.0 Å². The first-order valence-corrected chi connectivity index (χ1v) is 8.47. The minimum Gasteiger partial charge on any atom is -0.423 e. The molecular formula is C15H17BFNO4S. The van der Waals surface area contributed by atoms with Crippen molar-refractivity contribution in [2.75, 3.05) is 0 Å². The molecular weight excluding hydrogens is 320 g/mol. The van der Waals surface area contributed by atoms with Gasteiger partial charge < -0.3 is 10.0 Å². The van der Waals surface area contributed by atoms with E-state index in [-0.39, 0.29) is 22.0 Å². The zero-order chi connectivity index (χ0) is 17.2. The molecule has 0 atom stereocenters. The normalized spacial score (nSPS) is 11.7. The highest BCUT2D eigenvalue weighted by Crippen LogP contribution is 2.23. The van der Waals surface area contributed by atoms with Gasteiger partial charge in [0.2, 0.25) is 10.0 Å². The minimum atomic E-state index is -3.60. The Morgan fingerprint density at radius 2 is 1.70 bits per heavy atom. The van der Waals surface area contributed by atoms with E-state index in [1.54, 1.807) is 13.8 Å². The quantitative estimate of drug-likeness (QED) is 0.707. The van der Waals surface area contributed by atoms with Gasteiger partial charge in [-0.05, 0) is 43.1 Å². The fourth-order valence-electron chi connectivity index (χ4n) is 2.12. The van der Waals surface area contributed by atoms with E-state index < -0.39 is 23.0 Å². The summed E-state index contributed by atoms with van der Waals surface area (Å²) in [6.07, 6.45) is 0. The van der Waals surface area contributed by atoms with Crippen LogP contribution in [0.5, 0.6) is 0 Å². The van der Waals surface area contributed by atoms with Crippen molar-refractivity contribution in [3.05, 3.63) is 48.3 Å². The van der Waals surface area contributed by atoms with Crippen LogP contribution in [0.15, 0.2) is 47.4 Å². The summed E-state index contributed by atoms with van der Waals surface area (Å²) in [5.74, 6) is -0.619. The number of sulfonamides is 1. The molecule has 0 unspecified atom stereocenters. The van der Waals surface area contributed by atoms with Crippen LogP contribution in [0.4, 0.5) is 4.39 Å². The second-order valence-corrected chi connectivity index (χ2v) is 7.13. The van der Waals surface area contributed by atoms with E-state index in [1.807, 2.05) is 0 Å². The molecule has 0 radical (unpaired) electrons. The van der Waals surface area contributed by atoms with Crippen LogP contribution in [0.3, 0.4) is 0 Å². The van der Waals surface area contributed by atoms with Crippen molar-refractivity contribution in [2.24, 2.45) is 0 Å². The van der Waals surface area contributed by atoms with Gasteiger partial charge in [0.1, 0.15) is 5.82 Å². The van der Waals surface area contributed by atoms with Crippen LogP contribution in [0.25, 0.3) is 11.1 Å². The molecule has 8 heteroatoms. The average molecular weight is 337 g/mol. The predicted molar refractivity (Wildman–Crippen MR) is 87.1 cm³/mol. The van der Waals surface area contributed by atoms with E-state index in [2.05, 4.69) is 4.72 Å². The topological polar surface area (TPSA) is 86.6 Å². The second-order valence-electron chi connectivity index (χ2n) is 5.41. The van der Waals surface area contributed by atoms with E-state index in [4.69, 9.17) is 10.0 Å². The van der Waals surface area contributed by atoms with Crippen LogP contribution in [-0.4, -0.2) is 31.6 Å². The summed E-state index contributed by atoms with van der Waals surface area (Å²) in [6.45, 7) is 3.44. The highest BCUT2D eigenvalue weighted by molar-refractivity contribution is 7.89. The maximum atomic E-state index is 14.0. The molecule has 0 bridgehead atoms. The lowest BCUT2D eigenvalue weighted by Crippen LogP contribution is -2.30. The summed E-state index contributed by atoms with van der Waals surface area (Å²) < 4.78 is 40.6. The van der Waals surface area contributed by atoms with Crippen molar-refractivity contribution in [1.82, 2.24) is 4.72 Å². The van der Waals surface area contributed by atoms with Crippen molar-refractivity contribution in [3.63, 3.8) is 0 Å². The van der Waals surface area contributed by atoms with Gasteiger partial charge in [-0.15, -0.1) is 0 Å². The van der Waals surface area contributed by atoms with Gasteiger partial charge in [0, 0.05) is 11.6 Å². The average Bonchev–Trinajstić information content (AvgIpc) is 2.46. The summed E-state index contributed by atoms with van der Waals surface area (Å²) in [6, 6.07) is 9.42. The predicted octanol–water partition coefficient (Wildman–Crippen LogP) is 0.859. The summed E-state index contributed by atoms with van der Waals surface area (Å²) in [4.78, 5) is 0.0951. The SMILES string of the molecule is CC(C)NS(=O)(=O)c1ccc(-c2ccc(B(O)O)cc2F)cc1. The summed E-state index contributed by atoms with van der Waals surface area (Å²) in [5.41, 5.74) is 0.784. The monoisotopic (exact) mass is 337 g/mol. The molecule has 0 fully saturated rings. The minimum absolute atomic E-state index is 0.0478. The van der Waals surface area contributed by atoms with Gasteiger partial charge in [-0.3, -0.25) is 0 Å². The Kier molecular flexibility index (Phi) is 5.21. The van der Waals surface area contributed by atoms with Crippen LogP contribution in [0, 0.1) is 5.82 Å². The number of hydrogen-bond acceptors (Lipinski definition) is 4. The van der Waals surface area contributed by atoms with E-state index in [0.29, 0.717) is 5.56 Å². The smallest absolute Gasteiger partial charge is 0.423 e. The molecule has 0 heterocycles. The molecule has 0 aliphatic carbocycles. The van der Waals surface area contributed by atoms with Crippen LogP contribution >= 0.6 is 0 Å². The lowest BCUT2D eigenvalue weighted by Gasteiger charge is -2.11. The Hall–Kier alpha value is -1.74. The standard InChI is InChI=1S/C15H17BFNO4S/c1-10(2)18-23(21,22)13-6-3-11(4-7-13)14-8-5-12(16(19)20)9-15(14)17/h3-10,18-20H,1-2H3. The summed E-state index contributed by atoms with van der Waals surface area (Å²) >= 11 is 0. The van der Waals surface area contributed by atoms with E-state index in [9.17, 15) is 12.8 Å². The van der Waals surface area contributed by atoms with Crippen molar-refractivity contribution < 1.29 is 22.9 Å². The molecule has 0 amide bonds. The van der Waals surface area contributed by atoms with Gasteiger partial charge in [-0.1, -0.05) is 24.3 Å². The Bertz CT molecular complexity index is 792. The fraction of sp³-hybridized carbons (Fsp3) is 0.200. The van der Waals surface area contributed by atoms with Crippen molar-refractivity contribution in [3.8, 4) is 11.1 Å². The molecule has 23 heavy (non-hydrogen) atoms. The van der Waals surface area contributed by atoms with Gasteiger partial charge in [-0.2, -0.15) is 0 Å². The highest BCUT2D eigenvalue weighted by atomic mass is 32.2. The van der Waals surface area contributed by atoms with E-state index >= 15 is 0 Å². The third-order valence-electron chi connectivity index (χ3n) is 3.16. The van der Waals surface area contributed by atoms with Gasteiger partial charge in [0.15, 0.2) is 0 Å². The number of halogens is 1. The van der Waals surface area contributed by atoms with E-state index in [1.165, 1.54) is 36.4 Å². The molecule has 0 aromatic heterocycles. The van der Waals surface area contributed by atoms with Crippen LogP contribution in [0.2, 0.25) is 0 Å². The molecule has 2 aromatic carbocycles. The zero-order valence-corrected chi connectivity index (χ0v) is 13.5. The van der Waals surface area contributed by atoms with Gasteiger partial charge in [0.05, 0.1) is 4.90 Å². The third-order valence-corrected chi connectivity index (χ3v) is 4.83. The molecule has 0 saturated heterocycles. The first-order valence-electron chi connectivity index (χ1n) is 6.99. The maximum absolute atomic E-state index is 14.0. The van der Waals surface area contributed by atoms with Crippen LogP contribution in [0.1, 0.15) is 13.8 Å². The Balaban J connectivity index is 2.33. The number of rotatable bonds is 5. The Labute approximate surface area is 135 Å². The molecule has 122 valence electrons. The number of nitrogens with one attached hydrogen (secondary N) is 1. The molecule has 0 aliphatic heterocycles. The third kappa shape index (κ3) is 4.17. The Morgan fingerprint density at radius 3 is 2.17 bits per heavy atom. The molecule has 5 nitrogen and oxygen atoms in total. The zero-order valence-electron chi connectivity index (χ0n) is 12.7. The number of benzene rings is 2. The van der Waals surface area contributed by atoms with Crippen molar-refractivity contribution >= 4 is 22.6 Å². The number of hydrogen-bond donors (Lipinski definition) is 3. The molecule has 2 rings (SSSR count). The maximum Gasteiger partial charge on any atom is 0.488 e. The second kappa shape index (κ2) is 6.80. The molecule has 2 aromatic rings. The molecule has 0 saturated carbocycles. The summed E-state index contributed by atoms with van der Waals surface area (Å²) in [7, 11) is -5.34. The molecule has 3 N–H and O–H groups in total. The first-order chi connectivity index (χ1) is 10.7. The fourth-order valence-corrected chi connectivity index (χ4v) is 3.37. The lowest BCUT2D eigenvalue weighted by atomic mass is 9.79. The Morgan fingerprint density at radius 1 is 1.09 bits per heavy atom. The summed E-state index contributed by atoms with van der Waals surface area (Å²) in [5, 5.41) is 18.0. The van der Waals surface area contributed by atoms with Gasteiger partial charge in [0.25, 0.3) is 0 Å². The van der Waals surface area contributed by atoms with Crippen molar-refractivity contribution in [2.45, 2.75) is 24.8 Å². The van der Waals surface area contributed by atoms with Gasteiger partial charge in [-0.25, -0.2) is 17.5 Å². The lowest BCUT2D eigenvalue weighted by molar-refractivity contribution is 0.425. The van der Waals surface area contributed by atoms with Gasteiger partial charge >= 0.3 is 7.12 Å². The van der Waals surface area contributed by atoms with Crippen LogP contribution < -0.4 is 10.2 Å². The van der Waals surface area contributed by atoms with E-state index in [0.717, 1.165) is 6.07 Å². The first kappa shape index (κ1) is 17.6. The molecule has 0 aliphatic rings. The van der Waals surface area contributed by atoms with Crippen molar-refractivity contribution in [1.29, 1.82) is 0 Å².